The number of aliphatic hydroxyl groups is 1. The summed E-state index contributed by atoms with van der Waals surface area (Å²) >= 11 is 1.68. The topological polar surface area (TPSA) is 29.5 Å². The summed E-state index contributed by atoms with van der Waals surface area (Å²) in [6.45, 7) is 0.804. The van der Waals surface area contributed by atoms with Gasteiger partial charge in [-0.25, -0.2) is 0 Å². The first-order valence-electron chi connectivity index (χ1n) is 5.22. The molecule has 0 fully saturated rings. The van der Waals surface area contributed by atoms with Crippen LogP contribution in [0.4, 0.5) is 0 Å². The molecule has 0 spiro atoms. The lowest BCUT2D eigenvalue weighted by Gasteiger charge is -2.05. The van der Waals surface area contributed by atoms with Crippen LogP contribution < -0.4 is 4.74 Å². The Morgan fingerprint density at radius 3 is 2.50 bits per heavy atom. The van der Waals surface area contributed by atoms with Crippen LogP contribution in [0.25, 0.3) is 0 Å². The lowest BCUT2D eigenvalue weighted by molar-refractivity contribution is 0.298. The minimum absolute atomic E-state index is 0.190. The first-order valence-corrected chi connectivity index (χ1v) is 6.16. The fourth-order valence-corrected chi connectivity index (χ4v) is 2.08. The summed E-state index contributed by atoms with van der Waals surface area (Å²) in [6, 6.07) is 9.91. The fraction of sp³-hybridized carbons (Fsp3) is 0.231. The number of benzene rings is 1. The van der Waals surface area contributed by atoms with Crippen LogP contribution in [0.15, 0.2) is 41.1 Å². The highest BCUT2D eigenvalue weighted by Gasteiger charge is 1.97. The summed E-state index contributed by atoms with van der Waals surface area (Å²) in [5.74, 6) is 0.868. The second-order valence-corrected chi connectivity index (χ2v) is 4.32. The van der Waals surface area contributed by atoms with Crippen molar-refractivity contribution in [2.24, 2.45) is 0 Å². The van der Waals surface area contributed by atoms with Crippen LogP contribution >= 0.6 is 11.3 Å². The third kappa shape index (κ3) is 3.08. The number of rotatable bonds is 5. The van der Waals surface area contributed by atoms with Crippen molar-refractivity contribution in [3.8, 4) is 5.75 Å². The van der Waals surface area contributed by atoms with E-state index in [2.05, 4.69) is 11.4 Å². The van der Waals surface area contributed by atoms with Gasteiger partial charge >= 0.3 is 0 Å². The molecule has 0 amide bonds. The molecule has 0 unspecified atom stereocenters. The Bertz CT molecular complexity index is 406. The molecule has 1 N–H and O–H groups in total. The van der Waals surface area contributed by atoms with Crippen molar-refractivity contribution in [3.63, 3.8) is 0 Å². The van der Waals surface area contributed by atoms with Gasteiger partial charge in [0.25, 0.3) is 0 Å². The van der Waals surface area contributed by atoms with E-state index in [1.54, 1.807) is 11.3 Å². The minimum Gasteiger partial charge on any atom is -0.489 e. The summed E-state index contributed by atoms with van der Waals surface area (Å²) in [4.78, 5) is 0. The Morgan fingerprint density at radius 2 is 1.88 bits per heavy atom. The van der Waals surface area contributed by atoms with E-state index in [1.165, 1.54) is 5.56 Å². The van der Waals surface area contributed by atoms with E-state index in [0.717, 1.165) is 11.3 Å². The molecule has 1 heterocycles. The maximum Gasteiger partial charge on any atom is 0.119 e. The highest BCUT2D eigenvalue weighted by Crippen LogP contribution is 2.15. The second-order valence-electron chi connectivity index (χ2n) is 3.54. The molecule has 3 heteroatoms. The molecular weight excluding hydrogens is 220 g/mol. The molecule has 84 valence electrons. The highest BCUT2D eigenvalue weighted by atomic mass is 32.1. The van der Waals surface area contributed by atoms with Gasteiger partial charge < -0.3 is 9.84 Å². The van der Waals surface area contributed by atoms with Crippen LogP contribution in [0.3, 0.4) is 0 Å². The van der Waals surface area contributed by atoms with E-state index in [9.17, 15) is 0 Å². The smallest absolute Gasteiger partial charge is 0.119 e. The van der Waals surface area contributed by atoms with Crippen LogP contribution in [0, 0.1) is 0 Å². The van der Waals surface area contributed by atoms with Gasteiger partial charge in [0, 0.05) is 6.61 Å². The maximum absolute atomic E-state index is 8.79. The molecule has 16 heavy (non-hydrogen) atoms. The van der Waals surface area contributed by atoms with Crippen molar-refractivity contribution in [1.29, 1.82) is 0 Å². The summed E-state index contributed by atoms with van der Waals surface area (Å²) in [5, 5.41) is 12.9. The van der Waals surface area contributed by atoms with Gasteiger partial charge in [0.05, 0.1) is 0 Å². The Balaban J connectivity index is 1.90. The van der Waals surface area contributed by atoms with Crippen molar-refractivity contribution in [3.05, 3.63) is 52.2 Å². The first-order chi connectivity index (χ1) is 7.88. The van der Waals surface area contributed by atoms with E-state index < -0.39 is 0 Å². The zero-order valence-corrected chi connectivity index (χ0v) is 9.74. The molecule has 0 aliphatic carbocycles. The number of ether oxygens (including phenoxy) is 1. The zero-order valence-electron chi connectivity index (χ0n) is 8.93. The number of aliphatic hydroxyl groups excluding tert-OH is 1. The van der Waals surface area contributed by atoms with E-state index >= 15 is 0 Å². The zero-order chi connectivity index (χ0) is 11.2. The van der Waals surface area contributed by atoms with Crippen LogP contribution in [0.5, 0.6) is 5.75 Å². The van der Waals surface area contributed by atoms with Crippen molar-refractivity contribution >= 4 is 11.3 Å². The molecule has 0 saturated heterocycles. The molecular formula is C13H14O2S. The number of thiophene rings is 1. The Labute approximate surface area is 99.1 Å². The van der Waals surface area contributed by atoms with E-state index in [1.807, 2.05) is 29.6 Å². The van der Waals surface area contributed by atoms with E-state index in [-0.39, 0.29) is 6.61 Å². The van der Waals surface area contributed by atoms with Gasteiger partial charge in [-0.15, -0.1) is 0 Å². The van der Waals surface area contributed by atoms with E-state index in [0.29, 0.717) is 13.0 Å². The SMILES string of the molecule is OCCc1ccc(OCc2ccsc2)cc1. The lowest BCUT2D eigenvalue weighted by Crippen LogP contribution is -1.94. The number of hydrogen-bond donors (Lipinski definition) is 1. The van der Waals surface area contributed by atoms with Gasteiger partial charge in [-0.2, -0.15) is 11.3 Å². The normalized spacial score (nSPS) is 10.3. The summed E-state index contributed by atoms with van der Waals surface area (Å²) < 4.78 is 5.63. The van der Waals surface area contributed by atoms with E-state index in [4.69, 9.17) is 9.84 Å². The molecule has 0 saturated carbocycles. The molecule has 2 aromatic rings. The fourth-order valence-electron chi connectivity index (χ4n) is 1.42. The molecule has 1 aromatic carbocycles. The molecule has 2 rings (SSSR count). The van der Waals surface area contributed by atoms with Gasteiger partial charge in [0.15, 0.2) is 0 Å². The predicted molar refractivity (Wildman–Crippen MR) is 65.9 cm³/mol. The Kier molecular flexibility index (Phi) is 3.97. The minimum atomic E-state index is 0.190. The third-order valence-corrected chi connectivity index (χ3v) is 3.04. The summed E-state index contributed by atoms with van der Waals surface area (Å²) in [6.07, 6.45) is 0.699. The Hall–Kier alpha value is -1.32. The predicted octanol–water partition coefficient (Wildman–Crippen LogP) is 2.86. The Morgan fingerprint density at radius 1 is 1.06 bits per heavy atom. The molecule has 0 radical (unpaired) electrons. The molecule has 0 atom stereocenters. The van der Waals surface area contributed by atoms with Crippen LogP contribution in [-0.4, -0.2) is 11.7 Å². The van der Waals surface area contributed by atoms with Crippen molar-refractivity contribution in [1.82, 2.24) is 0 Å². The first kappa shape index (κ1) is 11.2. The maximum atomic E-state index is 8.79. The van der Waals surface area contributed by atoms with Gasteiger partial charge in [0.1, 0.15) is 12.4 Å². The number of hydrogen-bond acceptors (Lipinski definition) is 3. The largest absolute Gasteiger partial charge is 0.489 e. The van der Waals surface area contributed by atoms with Crippen molar-refractivity contribution in [2.75, 3.05) is 6.61 Å². The summed E-state index contributed by atoms with van der Waals surface area (Å²) in [7, 11) is 0. The third-order valence-electron chi connectivity index (χ3n) is 2.31. The van der Waals surface area contributed by atoms with Crippen LogP contribution in [0.2, 0.25) is 0 Å². The average molecular weight is 234 g/mol. The van der Waals surface area contributed by atoms with Gasteiger partial charge in [0.2, 0.25) is 0 Å². The standard InChI is InChI=1S/C13H14O2S/c14-7-5-11-1-3-13(4-2-11)15-9-12-6-8-16-10-12/h1-4,6,8,10,14H,5,7,9H2. The molecule has 0 bridgehead atoms. The lowest BCUT2D eigenvalue weighted by atomic mass is 10.1. The second kappa shape index (κ2) is 5.68. The van der Waals surface area contributed by atoms with Crippen molar-refractivity contribution in [2.45, 2.75) is 13.0 Å². The molecule has 2 nitrogen and oxygen atoms in total. The highest BCUT2D eigenvalue weighted by molar-refractivity contribution is 7.07. The molecule has 0 aliphatic rings. The molecule has 0 aliphatic heterocycles. The van der Waals surface area contributed by atoms with Crippen LogP contribution in [0.1, 0.15) is 11.1 Å². The monoisotopic (exact) mass is 234 g/mol. The van der Waals surface area contributed by atoms with Gasteiger partial charge in [-0.3, -0.25) is 0 Å². The van der Waals surface area contributed by atoms with Gasteiger partial charge in [-0.05, 0) is 46.5 Å². The quantitative estimate of drug-likeness (QED) is 0.862. The van der Waals surface area contributed by atoms with Crippen LogP contribution in [-0.2, 0) is 13.0 Å². The average Bonchev–Trinajstić information content (AvgIpc) is 2.82. The molecule has 1 aromatic heterocycles. The van der Waals surface area contributed by atoms with Crippen molar-refractivity contribution < 1.29 is 9.84 Å². The summed E-state index contributed by atoms with van der Waals surface area (Å²) in [5.41, 5.74) is 2.33. The van der Waals surface area contributed by atoms with Gasteiger partial charge in [-0.1, -0.05) is 12.1 Å².